The van der Waals surface area contributed by atoms with Crippen LogP contribution in [0, 0.1) is 0 Å². The van der Waals surface area contributed by atoms with Crippen molar-refractivity contribution in [2.24, 2.45) is 0 Å². The molecule has 0 saturated carbocycles. The molecule has 0 spiro atoms. The maximum Gasteiger partial charge on any atom is 0.313 e. The van der Waals surface area contributed by atoms with Crippen LogP contribution in [0.1, 0.15) is 21.5 Å². The van der Waals surface area contributed by atoms with E-state index in [1.54, 1.807) is 19.2 Å². The number of fused-ring (bicyclic) bond motifs is 4. The maximum atomic E-state index is 12.7. The molecule has 0 radical (unpaired) electrons. The van der Waals surface area contributed by atoms with Gasteiger partial charge in [0, 0.05) is 18.2 Å². The molecule has 4 rings (SSSR count). The van der Waals surface area contributed by atoms with Crippen molar-refractivity contribution >= 4 is 5.78 Å². The lowest BCUT2D eigenvalue weighted by Gasteiger charge is -2.30. The second-order valence-electron chi connectivity index (χ2n) is 6.19. The topological polar surface area (TPSA) is 63.2 Å². The molecule has 6 heteroatoms. The summed E-state index contributed by atoms with van der Waals surface area (Å²) < 4.78 is 28.4. The van der Waals surface area contributed by atoms with Gasteiger partial charge in [-0.3, -0.25) is 4.79 Å². The Labute approximate surface area is 151 Å². The number of ether oxygens (including phenoxy) is 5. The van der Waals surface area contributed by atoms with Gasteiger partial charge >= 0.3 is 5.97 Å². The Hall–Kier alpha value is -2.25. The molecule has 0 amide bonds. The van der Waals surface area contributed by atoms with Crippen molar-refractivity contribution < 1.29 is 28.5 Å². The largest absolute Gasteiger partial charge is 0.496 e. The van der Waals surface area contributed by atoms with E-state index in [9.17, 15) is 4.79 Å². The van der Waals surface area contributed by atoms with Gasteiger partial charge in [-0.05, 0) is 6.07 Å². The molecule has 1 fully saturated rings. The quantitative estimate of drug-likeness (QED) is 0.793. The summed E-state index contributed by atoms with van der Waals surface area (Å²) in [4.78, 5) is 12.7. The number of rotatable bonds is 6. The van der Waals surface area contributed by atoms with Crippen LogP contribution in [-0.4, -0.2) is 38.8 Å². The van der Waals surface area contributed by atoms with E-state index in [2.05, 4.69) is 0 Å². The van der Waals surface area contributed by atoms with Crippen LogP contribution in [-0.2, 0) is 31.5 Å². The molecule has 6 nitrogen and oxygen atoms in total. The van der Waals surface area contributed by atoms with Crippen molar-refractivity contribution in [2.45, 2.75) is 24.8 Å². The van der Waals surface area contributed by atoms with E-state index in [-0.39, 0.29) is 12.4 Å². The fourth-order valence-electron chi connectivity index (χ4n) is 3.43. The summed E-state index contributed by atoms with van der Waals surface area (Å²) in [6, 6.07) is 14.8. The number of ketones is 1. The molecule has 3 atom stereocenters. The molecule has 0 unspecified atom stereocenters. The smallest absolute Gasteiger partial charge is 0.313 e. The third kappa shape index (κ3) is 2.71. The van der Waals surface area contributed by atoms with E-state index in [1.807, 2.05) is 36.4 Å². The van der Waals surface area contributed by atoms with E-state index in [4.69, 9.17) is 23.7 Å². The number of hydrogen-bond donors (Lipinski definition) is 0. The molecule has 2 aliphatic heterocycles. The van der Waals surface area contributed by atoms with Crippen LogP contribution in [0.3, 0.4) is 0 Å². The normalized spacial score (nSPS) is 26.6. The Kier molecular flexibility index (Phi) is 4.50. The molecule has 1 saturated heterocycles. The van der Waals surface area contributed by atoms with Gasteiger partial charge in [0.1, 0.15) is 11.9 Å². The third-order valence-electron chi connectivity index (χ3n) is 4.71. The summed E-state index contributed by atoms with van der Waals surface area (Å²) in [6.07, 6.45) is -1.30. The first-order valence-corrected chi connectivity index (χ1v) is 8.42. The summed E-state index contributed by atoms with van der Waals surface area (Å²) in [5.74, 6) is -0.712. The zero-order valence-electron chi connectivity index (χ0n) is 14.6. The molecule has 2 aromatic rings. The van der Waals surface area contributed by atoms with Gasteiger partial charge < -0.3 is 23.7 Å². The summed E-state index contributed by atoms with van der Waals surface area (Å²) in [5.41, 5.74) is 2.08. The first-order valence-electron chi connectivity index (χ1n) is 8.42. The van der Waals surface area contributed by atoms with E-state index in [1.165, 1.54) is 7.11 Å². The van der Waals surface area contributed by atoms with Crippen LogP contribution in [0.15, 0.2) is 48.5 Å². The SMILES string of the molecule is COc1ccccc1COC[C@@H]1O[C@@]2(OC)O[C@@H]1C(=O)c1ccccc12. The summed E-state index contributed by atoms with van der Waals surface area (Å²) in [7, 11) is 3.12. The summed E-state index contributed by atoms with van der Waals surface area (Å²) in [6.45, 7) is 0.547. The molecule has 2 bridgehead atoms. The highest BCUT2D eigenvalue weighted by atomic mass is 16.9. The summed E-state index contributed by atoms with van der Waals surface area (Å²) >= 11 is 0. The van der Waals surface area contributed by atoms with Gasteiger partial charge in [-0.1, -0.05) is 42.5 Å². The molecular weight excluding hydrogens is 336 g/mol. The number of Topliss-reactive ketones (excluding diaryl/α,β-unsaturated/α-hetero) is 1. The van der Waals surface area contributed by atoms with Crippen molar-refractivity contribution in [1.82, 2.24) is 0 Å². The lowest BCUT2D eigenvalue weighted by atomic mass is 9.95. The number of hydrogen-bond acceptors (Lipinski definition) is 6. The number of carbonyl (C=O) groups excluding carboxylic acids is 1. The zero-order valence-corrected chi connectivity index (χ0v) is 14.6. The van der Waals surface area contributed by atoms with Crippen molar-refractivity contribution in [3.63, 3.8) is 0 Å². The molecular formula is C20H20O6. The van der Waals surface area contributed by atoms with Crippen molar-refractivity contribution in [1.29, 1.82) is 0 Å². The highest BCUT2D eigenvalue weighted by Crippen LogP contribution is 2.45. The average Bonchev–Trinajstić information content (AvgIpc) is 3.04. The highest BCUT2D eigenvalue weighted by Gasteiger charge is 2.57. The Morgan fingerprint density at radius 2 is 1.81 bits per heavy atom. The minimum absolute atomic E-state index is 0.114. The van der Waals surface area contributed by atoms with Gasteiger partial charge in [0.15, 0.2) is 11.9 Å². The van der Waals surface area contributed by atoms with Gasteiger partial charge in [-0.25, -0.2) is 0 Å². The Bertz CT molecular complexity index is 819. The van der Waals surface area contributed by atoms with Crippen molar-refractivity contribution in [3.05, 3.63) is 65.2 Å². The van der Waals surface area contributed by atoms with E-state index >= 15 is 0 Å². The Morgan fingerprint density at radius 3 is 2.62 bits per heavy atom. The molecule has 2 aliphatic rings. The monoisotopic (exact) mass is 356 g/mol. The average molecular weight is 356 g/mol. The second-order valence-corrected chi connectivity index (χ2v) is 6.19. The minimum atomic E-state index is -1.35. The van der Waals surface area contributed by atoms with Crippen LogP contribution in [0.4, 0.5) is 0 Å². The second kappa shape index (κ2) is 6.81. The number of carbonyl (C=O) groups is 1. The van der Waals surface area contributed by atoms with E-state index in [0.29, 0.717) is 17.7 Å². The molecule has 0 aromatic heterocycles. The molecule has 136 valence electrons. The number of benzene rings is 2. The van der Waals surface area contributed by atoms with Crippen LogP contribution in [0.2, 0.25) is 0 Å². The molecule has 2 heterocycles. The lowest BCUT2D eigenvalue weighted by molar-refractivity contribution is -0.344. The summed E-state index contributed by atoms with van der Waals surface area (Å²) in [5, 5.41) is 0. The van der Waals surface area contributed by atoms with Gasteiger partial charge in [0.2, 0.25) is 0 Å². The van der Waals surface area contributed by atoms with Crippen molar-refractivity contribution in [2.75, 3.05) is 20.8 Å². The van der Waals surface area contributed by atoms with Gasteiger partial charge in [0.05, 0.1) is 25.9 Å². The van der Waals surface area contributed by atoms with Crippen LogP contribution >= 0.6 is 0 Å². The number of methoxy groups -OCH3 is 2. The maximum absolute atomic E-state index is 12.7. The number of para-hydroxylation sites is 1. The molecule has 2 aromatic carbocycles. The molecule has 26 heavy (non-hydrogen) atoms. The van der Waals surface area contributed by atoms with E-state index < -0.39 is 18.2 Å². The van der Waals surface area contributed by atoms with Crippen LogP contribution < -0.4 is 4.74 Å². The fourth-order valence-corrected chi connectivity index (χ4v) is 3.43. The van der Waals surface area contributed by atoms with Gasteiger partial charge in [-0.2, -0.15) is 0 Å². The van der Waals surface area contributed by atoms with Crippen LogP contribution in [0.5, 0.6) is 5.75 Å². The van der Waals surface area contributed by atoms with Gasteiger partial charge in [-0.15, -0.1) is 0 Å². The van der Waals surface area contributed by atoms with Crippen molar-refractivity contribution in [3.8, 4) is 5.75 Å². The first-order chi connectivity index (χ1) is 12.7. The third-order valence-corrected chi connectivity index (χ3v) is 4.71. The zero-order chi connectivity index (χ0) is 18.1. The molecule has 0 aliphatic carbocycles. The predicted molar refractivity (Wildman–Crippen MR) is 91.9 cm³/mol. The lowest BCUT2D eigenvalue weighted by Crippen LogP contribution is -2.40. The molecule has 0 N–H and O–H groups in total. The van der Waals surface area contributed by atoms with Crippen LogP contribution in [0.25, 0.3) is 0 Å². The predicted octanol–water partition coefficient (Wildman–Crippen LogP) is 2.65. The Morgan fingerprint density at radius 1 is 1.04 bits per heavy atom. The minimum Gasteiger partial charge on any atom is -0.496 e. The standard InChI is InChI=1S/C20H20O6/c1-22-16-10-6-3-7-13(16)11-24-12-17-19-18(21)14-8-4-5-9-15(14)20(23-2,25-17)26-19/h3-10,17,19H,11-12H2,1-2H3/t17-,19-,20+/m0/s1. The van der Waals surface area contributed by atoms with E-state index in [0.717, 1.165) is 11.3 Å². The van der Waals surface area contributed by atoms with Gasteiger partial charge in [0.25, 0.3) is 0 Å². The Balaban J connectivity index is 1.49. The highest BCUT2D eigenvalue weighted by molar-refractivity contribution is 6.02. The fraction of sp³-hybridized carbons (Fsp3) is 0.350. The first kappa shape index (κ1) is 17.2.